The number of hydrogen-bond donors (Lipinski definition) is 1. The SMILES string of the molecule is CCCCCCCCCCCCC(=O)O[C@H](COCOCCCCCCCCCCCCNC(C)=O)COP(=O)([O-])[O-].[Na+].[Na+]. The Labute approximate surface area is 312 Å². The number of unbranched alkanes of at least 4 members (excludes halogenated alkanes) is 18. The average Bonchev–Trinajstić information content (AvgIpc) is 2.93. The number of esters is 1. The third-order valence-corrected chi connectivity index (χ3v) is 7.48. The molecular formula is C31H60NNa2O9P. The van der Waals surface area contributed by atoms with Crippen LogP contribution in [0.15, 0.2) is 0 Å². The number of rotatable bonds is 32. The molecule has 1 amide bonds. The van der Waals surface area contributed by atoms with Crippen LogP contribution in [0.4, 0.5) is 0 Å². The van der Waals surface area contributed by atoms with Gasteiger partial charge in [-0.05, 0) is 19.3 Å². The van der Waals surface area contributed by atoms with Crippen LogP contribution in [0.5, 0.6) is 0 Å². The largest absolute Gasteiger partial charge is 1.00 e. The van der Waals surface area contributed by atoms with Crippen molar-refractivity contribution in [3.05, 3.63) is 0 Å². The molecule has 250 valence electrons. The summed E-state index contributed by atoms with van der Waals surface area (Å²) in [5, 5.41) is 2.82. The van der Waals surface area contributed by atoms with E-state index in [-0.39, 0.29) is 84.8 Å². The number of phosphoric ester groups is 1. The molecule has 0 fully saturated rings. The summed E-state index contributed by atoms with van der Waals surface area (Å²) in [6, 6.07) is 0. The minimum absolute atomic E-state index is 0. The normalized spacial score (nSPS) is 11.8. The van der Waals surface area contributed by atoms with Crippen LogP contribution in [-0.4, -0.2) is 51.1 Å². The van der Waals surface area contributed by atoms with Crippen molar-refractivity contribution in [3.63, 3.8) is 0 Å². The van der Waals surface area contributed by atoms with E-state index in [4.69, 9.17) is 14.2 Å². The number of carbonyl (C=O) groups excluding carboxylic acids is 2. The Hall–Kier alpha value is 0.970. The van der Waals surface area contributed by atoms with Crippen molar-refractivity contribution in [1.29, 1.82) is 0 Å². The Morgan fingerprint density at radius 1 is 0.682 bits per heavy atom. The van der Waals surface area contributed by atoms with Crippen LogP contribution < -0.4 is 74.2 Å². The monoisotopic (exact) mass is 667 g/mol. The van der Waals surface area contributed by atoms with Gasteiger partial charge in [-0.3, -0.25) is 9.59 Å². The second-order valence-corrected chi connectivity index (χ2v) is 12.4. The zero-order chi connectivity index (χ0) is 31.2. The Kier molecular flexibility index (Phi) is 41.3. The van der Waals surface area contributed by atoms with Crippen molar-refractivity contribution >= 4 is 19.7 Å². The van der Waals surface area contributed by atoms with E-state index >= 15 is 0 Å². The molecule has 44 heavy (non-hydrogen) atoms. The minimum atomic E-state index is -5.18. The first-order chi connectivity index (χ1) is 20.2. The maximum absolute atomic E-state index is 12.2. The Morgan fingerprint density at radius 2 is 1.16 bits per heavy atom. The van der Waals surface area contributed by atoms with Crippen LogP contribution in [0.1, 0.15) is 149 Å². The summed E-state index contributed by atoms with van der Waals surface area (Å²) in [5.74, 6) is -0.419. The van der Waals surface area contributed by atoms with Crippen molar-refractivity contribution < 1.29 is 102 Å². The molecule has 0 aromatic carbocycles. The maximum Gasteiger partial charge on any atom is 1.00 e. The van der Waals surface area contributed by atoms with E-state index in [1.807, 2.05) is 0 Å². The smallest absolute Gasteiger partial charge is 0.790 e. The van der Waals surface area contributed by atoms with Gasteiger partial charge in [-0.25, -0.2) is 0 Å². The van der Waals surface area contributed by atoms with Crippen LogP contribution >= 0.6 is 7.82 Å². The quantitative estimate of drug-likeness (QED) is 0.0347. The van der Waals surface area contributed by atoms with Gasteiger partial charge >= 0.3 is 65.1 Å². The van der Waals surface area contributed by atoms with Gasteiger partial charge in [0.25, 0.3) is 0 Å². The summed E-state index contributed by atoms with van der Waals surface area (Å²) in [7, 11) is -5.18. The van der Waals surface area contributed by atoms with E-state index in [2.05, 4.69) is 16.8 Å². The number of nitrogens with one attached hydrogen (secondary N) is 1. The van der Waals surface area contributed by atoms with Crippen molar-refractivity contribution in [2.45, 2.75) is 155 Å². The second-order valence-electron chi connectivity index (χ2n) is 11.2. The first-order valence-corrected chi connectivity index (χ1v) is 18.0. The van der Waals surface area contributed by atoms with Gasteiger partial charge in [-0.2, -0.15) is 0 Å². The number of phosphoric acid groups is 1. The van der Waals surface area contributed by atoms with E-state index in [0.29, 0.717) is 13.0 Å². The molecule has 0 saturated carbocycles. The van der Waals surface area contributed by atoms with Crippen molar-refractivity contribution in [2.75, 3.05) is 33.2 Å². The van der Waals surface area contributed by atoms with Crippen molar-refractivity contribution in [3.8, 4) is 0 Å². The molecule has 0 saturated heterocycles. The molecule has 10 nitrogen and oxygen atoms in total. The summed E-state index contributed by atoms with van der Waals surface area (Å²) in [6.07, 6.45) is 22.3. The third kappa shape index (κ3) is 41.0. The molecule has 0 aromatic heterocycles. The number of hydrogen-bond acceptors (Lipinski definition) is 9. The van der Waals surface area contributed by atoms with E-state index in [1.54, 1.807) is 6.92 Å². The second kappa shape index (κ2) is 36.8. The van der Waals surface area contributed by atoms with E-state index < -0.39 is 26.5 Å². The summed E-state index contributed by atoms with van der Waals surface area (Å²) < 4.78 is 31.4. The predicted octanol–water partition coefficient (Wildman–Crippen LogP) is 0.0903. The molecule has 0 rings (SSSR count). The molecule has 0 aliphatic carbocycles. The number of amides is 1. The third-order valence-electron chi connectivity index (χ3n) is 7.01. The summed E-state index contributed by atoms with van der Waals surface area (Å²) in [6.45, 7) is 4.39. The van der Waals surface area contributed by atoms with Gasteiger partial charge in [0, 0.05) is 26.5 Å². The fraction of sp³-hybridized carbons (Fsp3) is 0.935. The topological polar surface area (TPSA) is 146 Å². The minimum Gasteiger partial charge on any atom is -0.790 e. The van der Waals surface area contributed by atoms with Gasteiger partial charge in [-0.15, -0.1) is 0 Å². The van der Waals surface area contributed by atoms with Gasteiger partial charge in [0.05, 0.1) is 21.0 Å². The van der Waals surface area contributed by atoms with Gasteiger partial charge in [0.15, 0.2) is 0 Å². The Balaban J connectivity index is -0.00000840. The molecule has 0 unspecified atom stereocenters. The maximum atomic E-state index is 12.2. The molecule has 1 N–H and O–H groups in total. The van der Waals surface area contributed by atoms with Crippen molar-refractivity contribution in [1.82, 2.24) is 5.32 Å². The van der Waals surface area contributed by atoms with E-state index in [9.17, 15) is 23.9 Å². The summed E-state index contributed by atoms with van der Waals surface area (Å²) in [4.78, 5) is 44.7. The first-order valence-electron chi connectivity index (χ1n) is 16.5. The zero-order valence-corrected chi connectivity index (χ0v) is 33.5. The Morgan fingerprint density at radius 3 is 1.66 bits per heavy atom. The van der Waals surface area contributed by atoms with Crippen molar-refractivity contribution in [2.24, 2.45) is 0 Å². The number of ether oxygens (including phenoxy) is 3. The first kappa shape index (κ1) is 49.4. The molecule has 0 aromatic rings. The molecule has 0 spiro atoms. The molecule has 0 aliphatic heterocycles. The Bertz CT molecular complexity index is 687. The van der Waals surface area contributed by atoms with Crippen LogP contribution in [0.3, 0.4) is 0 Å². The van der Waals surface area contributed by atoms with Crippen LogP contribution in [-0.2, 0) is 32.9 Å². The molecule has 1 atom stereocenters. The molecule has 0 bridgehead atoms. The van der Waals surface area contributed by atoms with E-state index in [0.717, 1.165) is 57.9 Å². The molecule has 0 aliphatic rings. The van der Waals surface area contributed by atoms with E-state index in [1.165, 1.54) is 70.6 Å². The molecule has 0 radical (unpaired) electrons. The predicted molar refractivity (Wildman–Crippen MR) is 162 cm³/mol. The fourth-order valence-corrected chi connectivity index (χ4v) is 4.95. The molecule has 13 heteroatoms. The standard InChI is InChI=1S/C31H62NO9P.2Na/c1-3-4-5-6-7-8-11-14-17-20-23-31(34)41-30(27-40-42(35,36)37)26-39-28-38-25-22-19-16-13-10-9-12-15-18-21-24-32-29(2)33;;/h30H,3-28H2,1-2H3,(H,32,33)(H2,35,36,37);;/q;2*+1/p-2/t30-;;/m1../s1. The average molecular weight is 668 g/mol. The van der Waals surface area contributed by atoms with Crippen LogP contribution in [0.2, 0.25) is 0 Å². The zero-order valence-electron chi connectivity index (χ0n) is 28.6. The summed E-state index contributed by atoms with van der Waals surface area (Å²) in [5.41, 5.74) is 0. The molecule has 0 heterocycles. The molecular weight excluding hydrogens is 607 g/mol. The number of carbonyl (C=O) groups is 2. The van der Waals surface area contributed by atoms with Gasteiger partial charge in [-0.1, -0.05) is 116 Å². The van der Waals surface area contributed by atoms with Crippen LogP contribution in [0.25, 0.3) is 0 Å². The van der Waals surface area contributed by atoms with Gasteiger partial charge in [0.1, 0.15) is 12.9 Å². The van der Waals surface area contributed by atoms with Gasteiger partial charge in [0.2, 0.25) is 5.91 Å². The fourth-order valence-electron chi connectivity index (χ4n) is 4.60. The van der Waals surface area contributed by atoms with Gasteiger partial charge < -0.3 is 38.4 Å². The van der Waals surface area contributed by atoms with Crippen LogP contribution in [0, 0.1) is 0 Å². The summed E-state index contributed by atoms with van der Waals surface area (Å²) >= 11 is 0.